The molecule has 0 saturated heterocycles. The van der Waals surface area contributed by atoms with E-state index in [9.17, 15) is 0 Å². The maximum absolute atomic E-state index is 9.05. The van der Waals surface area contributed by atoms with Gasteiger partial charge in [-0.2, -0.15) is 0 Å². The average molecular weight is 195 g/mol. The van der Waals surface area contributed by atoms with Crippen LogP contribution < -0.4 is 0 Å². The van der Waals surface area contributed by atoms with Crippen LogP contribution in [0.25, 0.3) is 0 Å². The molecule has 0 radical (unpaired) electrons. The number of aromatic nitrogens is 3. The van der Waals surface area contributed by atoms with Crippen LogP contribution in [-0.2, 0) is 19.6 Å². The van der Waals surface area contributed by atoms with Crippen molar-refractivity contribution in [3.05, 3.63) is 23.5 Å². The van der Waals surface area contributed by atoms with Crippen molar-refractivity contribution in [1.29, 1.82) is 0 Å². The Morgan fingerprint density at radius 2 is 2.29 bits per heavy atom. The summed E-state index contributed by atoms with van der Waals surface area (Å²) in [4.78, 5) is 0. The molecule has 0 aliphatic carbocycles. The molecule has 0 amide bonds. The monoisotopic (exact) mass is 195 g/mol. The Morgan fingerprint density at radius 1 is 1.57 bits per heavy atom. The summed E-state index contributed by atoms with van der Waals surface area (Å²) >= 11 is 0. The van der Waals surface area contributed by atoms with Gasteiger partial charge in [0, 0.05) is 0 Å². The largest absolute Gasteiger partial charge is 0.390 e. The Balaban J connectivity index is 2.91. The fourth-order valence-corrected chi connectivity index (χ4v) is 1.38. The summed E-state index contributed by atoms with van der Waals surface area (Å²) in [6, 6.07) is 0. The first-order chi connectivity index (χ1) is 6.69. The highest BCUT2D eigenvalue weighted by atomic mass is 16.3. The van der Waals surface area contributed by atoms with Gasteiger partial charge in [-0.3, -0.25) is 0 Å². The molecule has 1 aromatic heterocycles. The number of nitrogens with zero attached hydrogens (tertiary/aromatic N) is 3. The van der Waals surface area contributed by atoms with Gasteiger partial charge in [-0.1, -0.05) is 30.7 Å². The van der Waals surface area contributed by atoms with E-state index in [-0.39, 0.29) is 6.61 Å². The van der Waals surface area contributed by atoms with E-state index in [0.717, 1.165) is 24.1 Å². The first kappa shape index (κ1) is 10.9. The van der Waals surface area contributed by atoms with E-state index in [0.29, 0.717) is 12.2 Å². The Hall–Kier alpha value is -1.16. The van der Waals surface area contributed by atoms with Gasteiger partial charge in [0.05, 0.1) is 18.8 Å². The number of hydrogen-bond donors (Lipinski definition) is 1. The molecule has 0 saturated carbocycles. The van der Waals surface area contributed by atoms with Gasteiger partial charge >= 0.3 is 0 Å². The maximum atomic E-state index is 9.05. The molecule has 1 aromatic rings. The standard InChI is InChI=1S/C10H17N3O/c1-4-5-10-9(7-14)11-12-13(10)6-8(2)3/h14H,2,4-7H2,1,3H3. The smallest absolute Gasteiger partial charge is 0.111 e. The SMILES string of the molecule is C=C(C)Cn1nnc(CO)c1CCC. The summed E-state index contributed by atoms with van der Waals surface area (Å²) in [7, 11) is 0. The summed E-state index contributed by atoms with van der Waals surface area (Å²) in [5, 5.41) is 17.0. The van der Waals surface area contributed by atoms with Gasteiger partial charge in [-0.15, -0.1) is 5.10 Å². The maximum Gasteiger partial charge on any atom is 0.111 e. The van der Waals surface area contributed by atoms with Gasteiger partial charge in [0.25, 0.3) is 0 Å². The minimum absolute atomic E-state index is 0.0362. The normalized spacial score (nSPS) is 10.5. The minimum atomic E-state index is -0.0362. The van der Waals surface area contributed by atoms with E-state index < -0.39 is 0 Å². The molecule has 0 spiro atoms. The lowest BCUT2D eigenvalue weighted by Gasteiger charge is -2.05. The molecule has 0 fully saturated rings. The van der Waals surface area contributed by atoms with Crippen molar-refractivity contribution >= 4 is 0 Å². The van der Waals surface area contributed by atoms with E-state index in [1.165, 1.54) is 0 Å². The molecule has 1 N–H and O–H groups in total. The van der Waals surface area contributed by atoms with Gasteiger partial charge in [0.1, 0.15) is 5.69 Å². The van der Waals surface area contributed by atoms with Crippen LogP contribution in [0.15, 0.2) is 12.2 Å². The van der Waals surface area contributed by atoms with Crippen molar-refractivity contribution in [3.8, 4) is 0 Å². The van der Waals surface area contributed by atoms with Crippen LogP contribution in [0, 0.1) is 0 Å². The van der Waals surface area contributed by atoms with Gasteiger partial charge in [-0.25, -0.2) is 4.68 Å². The topological polar surface area (TPSA) is 50.9 Å². The van der Waals surface area contributed by atoms with Gasteiger partial charge in [0.15, 0.2) is 0 Å². The Labute approximate surface area is 84.3 Å². The van der Waals surface area contributed by atoms with Crippen LogP contribution >= 0.6 is 0 Å². The van der Waals surface area contributed by atoms with E-state index in [1.54, 1.807) is 0 Å². The molecule has 1 rings (SSSR count). The highest BCUT2D eigenvalue weighted by molar-refractivity contribution is 5.10. The van der Waals surface area contributed by atoms with Crippen LogP contribution in [0.2, 0.25) is 0 Å². The van der Waals surface area contributed by atoms with E-state index in [1.807, 2.05) is 11.6 Å². The lowest BCUT2D eigenvalue weighted by Crippen LogP contribution is -2.06. The molecule has 78 valence electrons. The number of hydrogen-bond acceptors (Lipinski definition) is 3. The minimum Gasteiger partial charge on any atom is -0.390 e. The molecule has 0 bridgehead atoms. The number of aliphatic hydroxyl groups excluding tert-OH is 1. The Morgan fingerprint density at radius 3 is 2.79 bits per heavy atom. The van der Waals surface area contributed by atoms with Crippen LogP contribution in [0.5, 0.6) is 0 Å². The number of aliphatic hydroxyl groups is 1. The second-order valence-corrected chi connectivity index (χ2v) is 3.51. The van der Waals surface area contributed by atoms with E-state index in [4.69, 9.17) is 5.11 Å². The molecule has 4 heteroatoms. The third-order valence-corrected chi connectivity index (χ3v) is 1.97. The summed E-state index contributed by atoms with van der Waals surface area (Å²) in [5.74, 6) is 0. The number of allylic oxidation sites excluding steroid dienone is 1. The zero-order chi connectivity index (χ0) is 10.6. The zero-order valence-corrected chi connectivity index (χ0v) is 8.82. The quantitative estimate of drug-likeness (QED) is 0.720. The predicted molar refractivity (Wildman–Crippen MR) is 54.8 cm³/mol. The average Bonchev–Trinajstić information content (AvgIpc) is 2.48. The summed E-state index contributed by atoms with van der Waals surface area (Å²) < 4.78 is 1.82. The predicted octanol–water partition coefficient (Wildman–Crippen LogP) is 1.30. The summed E-state index contributed by atoms with van der Waals surface area (Å²) in [5.41, 5.74) is 2.75. The highest BCUT2D eigenvalue weighted by Gasteiger charge is 2.10. The molecule has 0 unspecified atom stereocenters. The van der Waals surface area contributed by atoms with Crippen molar-refractivity contribution in [2.45, 2.75) is 39.8 Å². The van der Waals surface area contributed by atoms with Crippen LogP contribution in [0.4, 0.5) is 0 Å². The lowest BCUT2D eigenvalue weighted by atomic mass is 10.2. The third kappa shape index (κ3) is 2.42. The number of rotatable bonds is 5. The molecule has 1 heterocycles. The summed E-state index contributed by atoms with van der Waals surface area (Å²) in [6.45, 7) is 8.53. The van der Waals surface area contributed by atoms with Crippen molar-refractivity contribution in [3.63, 3.8) is 0 Å². The second-order valence-electron chi connectivity index (χ2n) is 3.51. The van der Waals surface area contributed by atoms with E-state index in [2.05, 4.69) is 23.8 Å². The first-order valence-electron chi connectivity index (χ1n) is 4.85. The van der Waals surface area contributed by atoms with Crippen molar-refractivity contribution in [2.75, 3.05) is 0 Å². The molecule has 0 aliphatic rings. The second kappa shape index (κ2) is 4.91. The molecular weight excluding hydrogens is 178 g/mol. The molecule has 0 aliphatic heterocycles. The molecule has 4 nitrogen and oxygen atoms in total. The fourth-order valence-electron chi connectivity index (χ4n) is 1.38. The van der Waals surface area contributed by atoms with Crippen LogP contribution in [0.3, 0.4) is 0 Å². The summed E-state index contributed by atoms with van der Waals surface area (Å²) in [6.07, 6.45) is 1.92. The Bertz CT molecular complexity index is 317. The zero-order valence-electron chi connectivity index (χ0n) is 8.82. The Kier molecular flexibility index (Phi) is 3.83. The van der Waals surface area contributed by atoms with Gasteiger partial charge in [0.2, 0.25) is 0 Å². The fraction of sp³-hybridized carbons (Fsp3) is 0.600. The van der Waals surface area contributed by atoms with Crippen molar-refractivity contribution < 1.29 is 5.11 Å². The first-order valence-corrected chi connectivity index (χ1v) is 4.85. The molecular formula is C10H17N3O. The van der Waals surface area contributed by atoms with Crippen molar-refractivity contribution in [1.82, 2.24) is 15.0 Å². The molecule has 14 heavy (non-hydrogen) atoms. The third-order valence-electron chi connectivity index (χ3n) is 1.97. The van der Waals surface area contributed by atoms with Gasteiger partial charge < -0.3 is 5.11 Å². The molecule has 0 atom stereocenters. The van der Waals surface area contributed by atoms with Gasteiger partial charge in [-0.05, 0) is 13.3 Å². The van der Waals surface area contributed by atoms with Crippen LogP contribution in [-0.4, -0.2) is 20.1 Å². The van der Waals surface area contributed by atoms with E-state index >= 15 is 0 Å². The lowest BCUT2D eigenvalue weighted by molar-refractivity contribution is 0.275. The van der Waals surface area contributed by atoms with Crippen LogP contribution in [0.1, 0.15) is 31.7 Å². The van der Waals surface area contributed by atoms with Crippen molar-refractivity contribution in [2.24, 2.45) is 0 Å². The molecule has 0 aromatic carbocycles. The highest BCUT2D eigenvalue weighted by Crippen LogP contribution is 2.09.